The molecule has 2 aromatic heterocycles. The van der Waals surface area contributed by atoms with E-state index in [1.165, 1.54) is 13.3 Å². The molecular formula is C20H23N5O5. The second-order valence-electron chi connectivity index (χ2n) is 6.88. The average Bonchev–Trinajstić information content (AvgIpc) is 3.16. The number of aryl methyl sites for hydroxylation is 1. The highest BCUT2D eigenvalue weighted by Gasteiger charge is 2.28. The molecule has 0 unspecified atom stereocenters. The fraction of sp³-hybridized carbons (Fsp3) is 0.300. The molecule has 2 aromatic rings. The smallest absolute Gasteiger partial charge is 0.327 e. The third-order valence-electron chi connectivity index (χ3n) is 4.28. The van der Waals surface area contributed by atoms with Gasteiger partial charge < -0.3 is 14.0 Å². The Morgan fingerprint density at radius 3 is 2.67 bits per heavy atom. The largest absolute Gasteiger partial charge is 0.439 e. The summed E-state index contributed by atoms with van der Waals surface area (Å²) in [6.07, 6.45) is 8.78. The number of ether oxygens (including phenoxy) is 1. The maximum absolute atomic E-state index is 12.0. The molecule has 0 fully saturated rings. The molecule has 10 nitrogen and oxygen atoms in total. The first-order valence-electron chi connectivity index (χ1n) is 9.17. The highest BCUT2D eigenvalue weighted by atomic mass is 16.7. The number of anilines is 1. The Bertz CT molecular complexity index is 978. The molecule has 0 saturated heterocycles. The van der Waals surface area contributed by atoms with Crippen molar-refractivity contribution in [2.75, 3.05) is 19.0 Å². The molecule has 158 valence electrons. The van der Waals surface area contributed by atoms with Crippen LogP contribution in [0.4, 0.5) is 10.6 Å². The lowest BCUT2D eigenvalue weighted by Gasteiger charge is -2.26. The van der Waals surface area contributed by atoms with Gasteiger partial charge in [-0.1, -0.05) is 12.2 Å². The number of hydroxylamine groups is 2. The highest BCUT2D eigenvalue weighted by molar-refractivity contribution is 6.03. The van der Waals surface area contributed by atoms with Gasteiger partial charge in [-0.3, -0.25) is 15.4 Å². The van der Waals surface area contributed by atoms with Crippen molar-refractivity contribution in [3.8, 4) is 5.75 Å². The number of allylic oxidation sites excluding steroid dienone is 2. The molecule has 0 saturated carbocycles. The molecule has 0 atom stereocenters. The number of hydrogen-bond donors (Lipinski definition) is 2. The van der Waals surface area contributed by atoms with Gasteiger partial charge in [-0.15, -0.1) is 0 Å². The van der Waals surface area contributed by atoms with Crippen LogP contribution in [0, 0.1) is 6.92 Å². The van der Waals surface area contributed by atoms with Crippen LogP contribution in [0.1, 0.15) is 25.5 Å². The van der Waals surface area contributed by atoms with E-state index >= 15 is 0 Å². The van der Waals surface area contributed by atoms with Crippen LogP contribution in [0.2, 0.25) is 0 Å². The van der Waals surface area contributed by atoms with E-state index in [9.17, 15) is 9.59 Å². The third-order valence-corrected chi connectivity index (χ3v) is 4.28. The number of urea groups is 1. The van der Waals surface area contributed by atoms with E-state index in [0.717, 1.165) is 5.70 Å². The Morgan fingerprint density at radius 2 is 2.03 bits per heavy atom. The Kier molecular flexibility index (Phi) is 6.17. The molecule has 3 rings (SSSR count). The summed E-state index contributed by atoms with van der Waals surface area (Å²) in [4.78, 5) is 38.1. The van der Waals surface area contributed by atoms with Crippen molar-refractivity contribution >= 4 is 23.5 Å². The van der Waals surface area contributed by atoms with Gasteiger partial charge in [-0.2, -0.15) is 0 Å². The number of methoxy groups -OCH3 is 1. The average molecular weight is 413 g/mol. The van der Waals surface area contributed by atoms with E-state index in [0.29, 0.717) is 23.9 Å². The van der Waals surface area contributed by atoms with Gasteiger partial charge in [0.15, 0.2) is 17.4 Å². The van der Waals surface area contributed by atoms with Gasteiger partial charge in [0, 0.05) is 14.0 Å². The predicted octanol–water partition coefficient (Wildman–Crippen LogP) is 2.66. The van der Waals surface area contributed by atoms with Crippen molar-refractivity contribution in [1.29, 1.82) is 0 Å². The van der Waals surface area contributed by atoms with Crippen LogP contribution in [0.3, 0.4) is 0 Å². The zero-order valence-corrected chi connectivity index (χ0v) is 17.1. The number of pyridine rings is 1. The lowest BCUT2D eigenvalue weighted by atomic mass is 10.1. The molecule has 0 spiro atoms. The molecule has 0 bridgehead atoms. The minimum atomic E-state index is -1.13. The highest BCUT2D eigenvalue weighted by Crippen LogP contribution is 2.25. The van der Waals surface area contributed by atoms with Gasteiger partial charge in [0.1, 0.15) is 17.1 Å². The van der Waals surface area contributed by atoms with E-state index < -0.39 is 17.5 Å². The standard InChI is InChI=1S/C20H23N5O5/c1-13-21-12-16(29-13)15-7-5-6-10-25(15)30-14-8-9-17(22-11-14)23-19(27)24-18(26)20(2,3)28-4/h5-9,11-12H,10H2,1-4H3,(H2,22,23,24,26,27). The lowest BCUT2D eigenvalue weighted by molar-refractivity contribution is -0.138. The van der Waals surface area contributed by atoms with E-state index in [1.807, 2.05) is 18.2 Å². The van der Waals surface area contributed by atoms with E-state index in [-0.39, 0.29) is 5.82 Å². The van der Waals surface area contributed by atoms with Crippen molar-refractivity contribution in [2.45, 2.75) is 26.4 Å². The second-order valence-corrected chi connectivity index (χ2v) is 6.88. The number of nitrogens with zero attached hydrogens (tertiary/aromatic N) is 3. The first-order chi connectivity index (χ1) is 14.3. The van der Waals surface area contributed by atoms with Gasteiger partial charge in [-0.05, 0) is 32.1 Å². The van der Waals surface area contributed by atoms with E-state index in [1.54, 1.807) is 44.2 Å². The first kappa shape index (κ1) is 21.1. The Labute approximate surface area is 173 Å². The minimum absolute atomic E-state index is 0.253. The fourth-order valence-electron chi connectivity index (χ4n) is 2.40. The minimum Gasteiger partial charge on any atom is -0.439 e. The molecule has 3 amide bonds. The summed E-state index contributed by atoms with van der Waals surface area (Å²) < 4.78 is 10.6. The number of amides is 3. The molecule has 0 aromatic carbocycles. The zero-order chi connectivity index (χ0) is 21.7. The summed E-state index contributed by atoms with van der Waals surface area (Å²) in [5.41, 5.74) is -0.405. The SMILES string of the molecule is COC(C)(C)C(=O)NC(=O)Nc1ccc(ON2CC=CC=C2c2cnc(C)o2)cn1. The monoisotopic (exact) mass is 413 g/mol. The van der Waals surface area contributed by atoms with Crippen LogP contribution in [0.15, 0.2) is 47.2 Å². The molecule has 0 aliphatic carbocycles. The molecular weight excluding hydrogens is 390 g/mol. The van der Waals surface area contributed by atoms with Gasteiger partial charge in [0.2, 0.25) is 0 Å². The number of hydrogen-bond acceptors (Lipinski definition) is 8. The van der Waals surface area contributed by atoms with Gasteiger partial charge in [0.25, 0.3) is 5.91 Å². The van der Waals surface area contributed by atoms with E-state index in [2.05, 4.69) is 20.6 Å². The number of carbonyl (C=O) groups is 2. The molecule has 30 heavy (non-hydrogen) atoms. The molecule has 10 heteroatoms. The van der Waals surface area contributed by atoms with Crippen LogP contribution < -0.4 is 15.5 Å². The zero-order valence-electron chi connectivity index (χ0n) is 17.1. The maximum Gasteiger partial charge on any atom is 0.327 e. The number of oxazole rings is 1. The predicted molar refractivity (Wildman–Crippen MR) is 108 cm³/mol. The Morgan fingerprint density at radius 1 is 1.23 bits per heavy atom. The molecule has 1 aliphatic rings. The number of imide groups is 1. The Balaban J connectivity index is 1.60. The van der Waals surface area contributed by atoms with Crippen molar-refractivity contribution in [3.63, 3.8) is 0 Å². The topological polar surface area (TPSA) is 119 Å². The summed E-state index contributed by atoms with van der Waals surface area (Å²) in [7, 11) is 1.39. The normalized spacial score (nSPS) is 13.6. The van der Waals surface area contributed by atoms with Crippen molar-refractivity contribution in [2.24, 2.45) is 0 Å². The molecule has 1 aliphatic heterocycles. The number of carbonyl (C=O) groups excluding carboxylic acids is 2. The van der Waals surface area contributed by atoms with Crippen LogP contribution in [0.25, 0.3) is 5.70 Å². The van der Waals surface area contributed by atoms with Crippen LogP contribution in [-0.2, 0) is 9.53 Å². The number of rotatable bonds is 6. The van der Waals surface area contributed by atoms with Crippen LogP contribution >= 0.6 is 0 Å². The second kappa shape index (κ2) is 8.78. The van der Waals surface area contributed by atoms with Gasteiger partial charge >= 0.3 is 6.03 Å². The summed E-state index contributed by atoms with van der Waals surface area (Å²) in [6.45, 7) is 5.38. The fourth-order valence-corrected chi connectivity index (χ4v) is 2.40. The van der Waals surface area contributed by atoms with Gasteiger partial charge in [-0.25, -0.2) is 19.8 Å². The first-order valence-corrected chi connectivity index (χ1v) is 9.17. The quantitative estimate of drug-likeness (QED) is 0.742. The maximum atomic E-state index is 12.0. The van der Waals surface area contributed by atoms with Crippen molar-refractivity contribution in [3.05, 3.63) is 54.4 Å². The lowest BCUT2D eigenvalue weighted by Crippen LogP contribution is -2.47. The summed E-state index contributed by atoms with van der Waals surface area (Å²) in [5.74, 6) is 1.28. The van der Waals surface area contributed by atoms with Crippen molar-refractivity contribution in [1.82, 2.24) is 20.3 Å². The van der Waals surface area contributed by atoms with Crippen molar-refractivity contribution < 1.29 is 23.6 Å². The summed E-state index contributed by atoms with van der Waals surface area (Å²) >= 11 is 0. The number of nitrogens with one attached hydrogen (secondary N) is 2. The van der Waals surface area contributed by atoms with Crippen LogP contribution in [0.5, 0.6) is 5.75 Å². The molecule has 3 heterocycles. The molecule has 2 N–H and O–H groups in total. The summed E-state index contributed by atoms with van der Waals surface area (Å²) in [5, 5.41) is 6.33. The van der Waals surface area contributed by atoms with Gasteiger partial charge in [0.05, 0.1) is 18.9 Å². The Hall–Kier alpha value is -3.66. The van der Waals surface area contributed by atoms with E-state index in [4.69, 9.17) is 14.0 Å². The third kappa shape index (κ3) is 5.03. The number of aromatic nitrogens is 2. The molecule has 0 radical (unpaired) electrons. The summed E-state index contributed by atoms with van der Waals surface area (Å²) in [6, 6.07) is 2.49. The van der Waals surface area contributed by atoms with Crippen LogP contribution in [-0.4, -0.2) is 46.2 Å².